The predicted octanol–water partition coefficient (Wildman–Crippen LogP) is 2.55. The summed E-state index contributed by atoms with van der Waals surface area (Å²) < 4.78 is 0. The molecule has 2 heterocycles. The third kappa shape index (κ3) is 3.70. The van der Waals surface area contributed by atoms with E-state index >= 15 is 0 Å². The minimum Gasteiger partial charge on any atom is -0.396 e. The normalized spacial score (nSPS) is 25.1. The Labute approximate surface area is 147 Å². The molecule has 4 nitrogen and oxygen atoms in total. The van der Waals surface area contributed by atoms with Gasteiger partial charge >= 0.3 is 0 Å². The maximum Gasteiger partial charge on any atom is 0.107 e. The van der Waals surface area contributed by atoms with Crippen LogP contribution in [0, 0.1) is 19.3 Å². The molecule has 1 aliphatic rings. The molecule has 1 fully saturated rings. The maximum atomic E-state index is 10.6. The zero-order valence-electron chi connectivity index (χ0n) is 14.4. The van der Waals surface area contributed by atoms with Crippen LogP contribution >= 0.6 is 11.3 Å². The van der Waals surface area contributed by atoms with Gasteiger partial charge in [0, 0.05) is 23.4 Å². The van der Waals surface area contributed by atoms with E-state index < -0.39 is 11.5 Å². The first-order valence-corrected chi connectivity index (χ1v) is 9.32. The molecule has 1 saturated heterocycles. The van der Waals surface area contributed by atoms with E-state index in [1.807, 2.05) is 25.1 Å². The fourth-order valence-electron chi connectivity index (χ4n) is 3.56. The Balaban J connectivity index is 1.75. The molecule has 0 radical (unpaired) electrons. The van der Waals surface area contributed by atoms with Crippen LogP contribution < -0.4 is 0 Å². The van der Waals surface area contributed by atoms with Crippen LogP contribution in [0.4, 0.5) is 0 Å². The van der Waals surface area contributed by atoms with Crippen molar-refractivity contribution in [3.8, 4) is 0 Å². The van der Waals surface area contributed by atoms with Gasteiger partial charge in [0.15, 0.2) is 0 Å². The molecule has 0 aliphatic carbocycles. The summed E-state index contributed by atoms with van der Waals surface area (Å²) in [5.41, 5.74) is 1.76. The second-order valence-electron chi connectivity index (χ2n) is 6.95. The second kappa shape index (κ2) is 7.31. The van der Waals surface area contributed by atoms with Crippen LogP contribution in [0.2, 0.25) is 0 Å². The number of hydrogen-bond donors (Lipinski definition) is 2. The molecule has 0 bridgehead atoms. The first-order valence-electron chi connectivity index (χ1n) is 8.50. The molecule has 2 atom stereocenters. The van der Waals surface area contributed by atoms with Crippen LogP contribution in [0.5, 0.6) is 0 Å². The van der Waals surface area contributed by atoms with Gasteiger partial charge in [0.25, 0.3) is 0 Å². The smallest absolute Gasteiger partial charge is 0.107 e. The Morgan fingerprint density at radius 1 is 1.29 bits per heavy atom. The van der Waals surface area contributed by atoms with Crippen molar-refractivity contribution >= 4 is 11.3 Å². The molecule has 2 aromatic rings. The second-order valence-corrected chi connectivity index (χ2v) is 8.23. The molecule has 1 aromatic carbocycles. The number of likely N-dealkylation sites (tertiary alicyclic amines) is 1. The highest BCUT2D eigenvalue weighted by molar-refractivity contribution is 7.11. The van der Waals surface area contributed by atoms with E-state index in [1.54, 1.807) is 11.3 Å². The Morgan fingerprint density at radius 2 is 2.04 bits per heavy atom. The largest absolute Gasteiger partial charge is 0.396 e. The van der Waals surface area contributed by atoms with Crippen LogP contribution in [-0.2, 0) is 13.0 Å². The van der Waals surface area contributed by atoms with Gasteiger partial charge in [0.05, 0.1) is 24.9 Å². The van der Waals surface area contributed by atoms with Crippen LogP contribution in [0.3, 0.4) is 0 Å². The van der Waals surface area contributed by atoms with E-state index in [1.165, 1.54) is 4.88 Å². The number of benzene rings is 1. The number of hydrogen-bond acceptors (Lipinski definition) is 5. The molecule has 1 aliphatic heterocycles. The van der Waals surface area contributed by atoms with Crippen LogP contribution in [-0.4, -0.2) is 45.9 Å². The maximum absolute atomic E-state index is 10.6. The number of aliphatic hydroxyl groups excluding tert-OH is 2. The van der Waals surface area contributed by atoms with Gasteiger partial charge in [-0.2, -0.15) is 0 Å². The molecular formula is C19H26N2O2S. The summed E-state index contributed by atoms with van der Waals surface area (Å²) in [4.78, 5) is 8.22. The van der Waals surface area contributed by atoms with E-state index in [9.17, 15) is 10.2 Å². The van der Waals surface area contributed by atoms with Crippen molar-refractivity contribution in [2.45, 2.75) is 39.3 Å². The van der Waals surface area contributed by atoms with E-state index in [0.29, 0.717) is 19.4 Å². The van der Waals surface area contributed by atoms with Gasteiger partial charge in [-0.15, -0.1) is 11.3 Å². The predicted molar refractivity (Wildman–Crippen MR) is 97.2 cm³/mol. The minimum absolute atomic E-state index is 0.00448. The van der Waals surface area contributed by atoms with Crippen LogP contribution in [0.15, 0.2) is 30.3 Å². The summed E-state index contributed by atoms with van der Waals surface area (Å²) >= 11 is 1.74. The monoisotopic (exact) mass is 346 g/mol. The molecule has 3 rings (SSSR count). The molecule has 2 N–H and O–H groups in total. The standard InChI is InChI=1S/C19H26N2O2S/c1-14-15(2)24-18(20-14)11-21-9-8-17(23)19(12-21,13-22)10-16-6-4-3-5-7-16/h3-7,17,22-23H,8-13H2,1-2H3/t17-,19+/m0/s1. The third-order valence-corrected chi connectivity index (χ3v) is 6.17. The SMILES string of the molecule is Cc1nc(CN2CC[C@H](O)[C@](CO)(Cc3ccccc3)C2)sc1C. The Morgan fingerprint density at radius 3 is 2.67 bits per heavy atom. The van der Waals surface area contributed by atoms with E-state index in [-0.39, 0.29) is 6.61 Å². The summed E-state index contributed by atoms with van der Waals surface area (Å²) in [7, 11) is 0. The van der Waals surface area contributed by atoms with Gasteiger partial charge in [-0.1, -0.05) is 30.3 Å². The van der Waals surface area contributed by atoms with Gasteiger partial charge in [-0.05, 0) is 32.3 Å². The summed E-state index contributed by atoms with van der Waals surface area (Å²) in [5, 5.41) is 21.8. The zero-order valence-corrected chi connectivity index (χ0v) is 15.2. The van der Waals surface area contributed by atoms with E-state index in [2.05, 4.69) is 28.9 Å². The lowest BCUT2D eigenvalue weighted by Crippen LogP contribution is -2.54. The average Bonchev–Trinajstić information content (AvgIpc) is 2.89. The lowest BCUT2D eigenvalue weighted by atomic mass is 9.73. The zero-order chi connectivity index (χ0) is 17.2. The van der Waals surface area contributed by atoms with Gasteiger partial charge < -0.3 is 10.2 Å². The fourth-order valence-corrected chi connectivity index (χ4v) is 4.54. The highest BCUT2D eigenvalue weighted by Crippen LogP contribution is 2.34. The summed E-state index contributed by atoms with van der Waals surface area (Å²) in [6, 6.07) is 10.1. The number of aromatic nitrogens is 1. The summed E-state index contributed by atoms with van der Waals surface area (Å²) in [6.07, 6.45) is 0.910. The molecular weight excluding hydrogens is 320 g/mol. The van der Waals surface area contributed by atoms with Crippen molar-refractivity contribution in [1.82, 2.24) is 9.88 Å². The number of rotatable bonds is 5. The minimum atomic E-state index is -0.499. The Hall–Kier alpha value is -1.27. The number of thiazole rings is 1. The first-order chi connectivity index (χ1) is 11.5. The van der Waals surface area contributed by atoms with Gasteiger partial charge in [0.2, 0.25) is 0 Å². The lowest BCUT2D eigenvalue weighted by molar-refractivity contribution is -0.0768. The fraction of sp³-hybridized carbons (Fsp3) is 0.526. The summed E-state index contributed by atoms with van der Waals surface area (Å²) in [6.45, 7) is 6.47. The first kappa shape index (κ1) is 17.5. The highest BCUT2D eigenvalue weighted by atomic mass is 32.1. The highest BCUT2D eigenvalue weighted by Gasteiger charge is 2.42. The quantitative estimate of drug-likeness (QED) is 0.874. The molecule has 0 spiro atoms. The lowest BCUT2D eigenvalue weighted by Gasteiger charge is -2.45. The number of aryl methyl sites for hydroxylation is 2. The van der Waals surface area contributed by atoms with Crippen LogP contribution in [0.25, 0.3) is 0 Å². The average molecular weight is 346 g/mol. The Kier molecular flexibility index (Phi) is 5.35. The van der Waals surface area contributed by atoms with Crippen molar-refractivity contribution in [1.29, 1.82) is 0 Å². The summed E-state index contributed by atoms with van der Waals surface area (Å²) in [5.74, 6) is 0. The van der Waals surface area contributed by atoms with Gasteiger partial charge in [-0.25, -0.2) is 4.98 Å². The van der Waals surface area contributed by atoms with Crippen molar-refractivity contribution in [3.63, 3.8) is 0 Å². The van der Waals surface area contributed by atoms with Gasteiger partial charge in [0.1, 0.15) is 5.01 Å². The molecule has 5 heteroatoms. The molecule has 130 valence electrons. The van der Waals surface area contributed by atoms with Gasteiger partial charge in [-0.3, -0.25) is 4.90 Å². The van der Waals surface area contributed by atoms with E-state index in [4.69, 9.17) is 0 Å². The van der Waals surface area contributed by atoms with Crippen molar-refractivity contribution in [2.24, 2.45) is 5.41 Å². The molecule has 24 heavy (non-hydrogen) atoms. The van der Waals surface area contributed by atoms with Crippen molar-refractivity contribution in [3.05, 3.63) is 51.5 Å². The van der Waals surface area contributed by atoms with Crippen molar-refractivity contribution in [2.75, 3.05) is 19.7 Å². The molecule has 0 saturated carbocycles. The topological polar surface area (TPSA) is 56.6 Å². The number of aliphatic hydroxyl groups is 2. The third-order valence-electron chi connectivity index (χ3n) is 5.11. The van der Waals surface area contributed by atoms with E-state index in [0.717, 1.165) is 29.4 Å². The molecule has 0 amide bonds. The molecule has 1 aromatic heterocycles. The Bertz CT molecular complexity index is 654. The van der Waals surface area contributed by atoms with Crippen molar-refractivity contribution < 1.29 is 10.2 Å². The molecule has 0 unspecified atom stereocenters. The number of piperidine rings is 1. The number of nitrogens with zero attached hydrogens (tertiary/aromatic N) is 2. The van der Waals surface area contributed by atoms with Crippen LogP contribution in [0.1, 0.15) is 27.6 Å².